The summed E-state index contributed by atoms with van der Waals surface area (Å²) in [4.78, 5) is 31.3. The molecular formula is C22H19N3O4. The molecule has 29 heavy (non-hydrogen) atoms. The number of benzene rings is 2. The summed E-state index contributed by atoms with van der Waals surface area (Å²) in [5, 5.41) is 3.90. The highest BCUT2D eigenvalue weighted by Crippen LogP contribution is 2.33. The van der Waals surface area contributed by atoms with E-state index in [2.05, 4.69) is 10.3 Å². The SMILES string of the molecule is O=C(Nc1cccc2cccnc12)C1CC(=O)N(Cc2ccc3c(c2)OCO3)C1. The number of ether oxygens (including phenoxy) is 2. The molecule has 1 unspecified atom stereocenters. The Kier molecular flexibility index (Phi) is 4.27. The lowest BCUT2D eigenvalue weighted by Gasteiger charge is -2.17. The predicted octanol–water partition coefficient (Wildman–Crippen LogP) is 2.95. The van der Waals surface area contributed by atoms with Crippen molar-refractivity contribution >= 4 is 28.4 Å². The Bertz CT molecular complexity index is 1110. The molecule has 5 rings (SSSR count). The van der Waals surface area contributed by atoms with E-state index in [0.717, 1.165) is 16.5 Å². The molecule has 2 aliphatic rings. The lowest BCUT2D eigenvalue weighted by Crippen LogP contribution is -2.28. The van der Waals surface area contributed by atoms with E-state index in [0.29, 0.717) is 30.3 Å². The zero-order valence-corrected chi connectivity index (χ0v) is 15.6. The van der Waals surface area contributed by atoms with E-state index in [9.17, 15) is 9.59 Å². The number of carbonyl (C=O) groups is 2. The van der Waals surface area contributed by atoms with Gasteiger partial charge < -0.3 is 19.7 Å². The number of anilines is 1. The zero-order valence-electron chi connectivity index (χ0n) is 15.6. The summed E-state index contributed by atoms with van der Waals surface area (Å²) in [6.45, 7) is 1.04. The van der Waals surface area contributed by atoms with E-state index in [1.165, 1.54) is 0 Å². The van der Waals surface area contributed by atoms with E-state index in [-0.39, 0.29) is 25.0 Å². The third-order valence-corrected chi connectivity index (χ3v) is 5.29. The summed E-state index contributed by atoms with van der Waals surface area (Å²) < 4.78 is 10.7. The normalized spacial score (nSPS) is 17.7. The molecule has 7 nitrogen and oxygen atoms in total. The second-order valence-electron chi connectivity index (χ2n) is 7.23. The van der Waals surface area contributed by atoms with Crippen LogP contribution in [0.3, 0.4) is 0 Å². The van der Waals surface area contributed by atoms with Crippen molar-refractivity contribution in [2.45, 2.75) is 13.0 Å². The van der Waals surface area contributed by atoms with Crippen LogP contribution in [0.1, 0.15) is 12.0 Å². The first-order chi connectivity index (χ1) is 14.2. The van der Waals surface area contributed by atoms with Crippen molar-refractivity contribution in [1.29, 1.82) is 0 Å². The minimum atomic E-state index is -0.393. The molecule has 3 heterocycles. The van der Waals surface area contributed by atoms with Gasteiger partial charge in [0.25, 0.3) is 0 Å². The van der Waals surface area contributed by atoms with Crippen molar-refractivity contribution < 1.29 is 19.1 Å². The summed E-state index contributed by atoms with van der Waals surface area (Å²) in [5.41, 5.74) is 2.35. The van der Waals surface area contributed by atoms with Gasteiger partial charge in [0.2, 0.25) is 18.6 Å². The van der Waals surface area contributed by atoms with E-state index in [1.807, 2.05) is 48.5 Å². The number of pyridine rings is 1. The van der Waals surface area contributed by atoms with E-state index >= 15 is 0 Å². The number of amides is 2. The van der Waals surface area contributed by atoms with Crippen molar-refractivity contribution in [3.8, 4) is 11.5 Å². The van der Waals surface area contributed by atoms with Crippen molar-refractivity contribution in [2.24, 2.45) is 5.92 Å². The molecule has 0 saturated carbocycles. The van der Waals surface area contributed by atoms with Crippen LogP contribution in [0.2, 0.25) is 0 Å². The van der Waals surface area contributed by atoms with E-state index in [1.54, 1.807) is 11.1 Å². The maximum Gasteiger partial charge on any atom is 0.231 e. The first kappa shape index (κ1) is 17.5. The van der Waals surface area contributed by atoms with Crippen molar-refractivity contribution in [3.05, 3.63) is 60.3 Å². The van der Waals surface area contributed by atoms with E-state index < -0.39 is 5.92 Å². The molecule has 146 valence electrons. The molecule has 1 fully saturated rings. The van der Waals surface area contributed by atoms with Crippen LogP contribution in [-0.2, 0) is 16.1 Å². The Morgan fingerprint density at radius 3 is 2.93 bits per heavy atom. The van der Waals surface area contributed by atoms with Gasteiger partial charge in [-0.2, -0.15) is 0 Å². The molecule has 0 spiro atoms. The largest absolute Gasteiger partial charge is 0.454 e. The number of nitrogens with one attached hydrogen (secondary N) is 1. The van der Waals surface area contributed by atoms with Crippen LogP contribution < -0.4 is 14.8 Å². The molecule has 0 bridgehead atoms. The molecule has 2 aliphatic heterocycles. The lowest BCUT2D eigenvalue weighted by molar-refractivity contribution is -0.128. The number of aromatic nitrogens is 1. The number of rotatable bonds is 4. The smallest absolute Gasteiger partial charge is 0.231 e. The summed E-state index contributed by atoms with van der Waals surface area (Å²) in [6.07, 6.45) is 1.90. The molecule has 3 aromatic rings. The number of para-hydroxylation sites is 1. The zero-order chi connectivity index (χ0) is 19.8. The van der Waals surface area contributed by atoms with Gasteiger partial charge in [-0.1, -0.05) is 24.3 Å². The highest BCUT2D eigenvalue weighted by Gasteiger charge is 2.34. The summed E-state index contributed by atoms with van der Waals surface area (Å²) >= 11 is 0. The van der Waals surface area contributed by atoms with E-state index in [4.69, 9.17) is 9.47 Å². The number of fused-ring (bicyclic) bond motifs is 2. The first-order valence-corrected chi connectivity index (χ1v) is 9.48. The van der Waals surface area contributed by atoms with Gasteiger partial charge in [0.1, 0.15) is 0 Å². The fourth-order valence-corrected chi connectivity index (χ4v) is 3.80. The number of hydrogen-bond acceptors (Lipinski definition) is 5. The summed E-state index contributed by atoms with van der Waals surface area (Å²) in [5.74, 6) is 0.813. The average Bonchev–Trinajstić information content (AvgIpc) is 3.35. The third-order valence-electron chi connectivity index (χ3n) is 5.29. The number of likely N-dealkylation sites (tertiary alicyclic amines) is 1. The fraction of sp³-hybridized carbons (Fsp3) is 0.227. The first-order valence-electron chi connectivity index (χ1n) is 9.48. The Balaban J connectivity index is 1.28. The Labute approximate surface area is 167 Å². The molecule has 0 aliphatic carbocycles. The van der Waals surface area contributed by atoms with Crippen LogP contribution in [0, 0.1) is 5.92 Å². The van der Waals surface area contributed by atoms with Crippen LogP contribution in [0.4, 0.5) is 5.69 Å². The molecular weight excluding hydrogens is 370 g/mol. The van der Waals surface area contributed by atoms with Crippen LogP contribution in [0.25, 0.3) is 10.9 Å². The second-order valence-corrected chi connectivity index (χ2v) is 7.23. The highest BCUT2D eigenvalue weighted by molar-refractivity contribution is 6.02. The van der Waals surface area contributed by atoms with Gasteiger partial charge in [-0.15, -0.1) is 0 Å². The maximum absolute atomic E-state index is 12.8. The Hall–Kier alpha value is -3.61. The molecule has 0 radical (unpaired) electrons. The molecule has 2 aromatic carbocycles. The highest BCUT2D eigenvalue weighted by atomic mass is 16.7. The summed E-state index contributed by atoms with van der Waals surface area (Å²) in [7, 11) is 0. The fourth-order valence-electron chi connectivity index (χ4n) is 3.80. The van der Waals surface area contributed by atoms with Crippen LogP contribution in [-0.4, -0.2) is 35.0 Å². The minimum absolute atomic E-state index is 0.0288. The molecule has 1 aromatic heterocycles. The van der Waals surface area contributed by atoms with Crippen molar-refractivity contribution in [3.63, 3.8) is 0 Å². The third kappa shape index (κ3) is 3.35. The van der Waals surface area contributed by atoms with Gasteiger partial charge in [0.15, 0.2) is 11.5 Å². The lowest BCUT2D eigenvalue weighted by atomic mass is 10.1. The Morgan fingerprint density at radius 2 is 2.00 bits per heavy atom. The van der Waals surface area contributed by atoms with Crippen molar-refractivity contribution in [2.75, 3.05) is 18.7 Å². The minimum Gasteiger partial charge on any atom is -0.454 e. The van der Waals surface area contributed by atoms with Gasteiger partial charge >= 0.3 is 0 Å². The van der Waals surface area contributed by atoms with Gasteiger partial charge in [-0.05, 0) is 29.8 Å². The van der Waals surface area contributed by atoms with Gasteiger partial charge in [-0.3, -0.25) is 14.6 Å². The van der Waals surface area contributed by atoms with Gasteiger partial charge in [0.05, 0.1) is 17.1 Å². The molecule has 1 atom stereocenters. The van der Waals surface area contributed by atoms with Gasteiger partial charge in [-0.25, -0.2) is 0 Å². The standard InChI is InChI=1S/C22H19N3O4/c26-20-10-16(12-25(20)11-14-6-7-18-19(9-14)29-13-28-18)22(27)24-17-5-1-3-15-4-2-8-23-21(15)17/h1-9,16H,10-13H2,(H,24,27). The molecule has 7 heteroatoms. The van der Waals surface area contributed by atoms with Crippen LogP contribution in [0.15, 0.2) is 54.7 Å². The molecule has 2 amide bonds. The summed E-state index contributed by atoms with van der Waals surface area (Å²) in [6, 6.07) is 15.1. The van der Waals surface area contributed by atoms with Crippen LogP contribution >= 0.6 is 0 Å². The topological polar surface area (TPSA) is 80.8 Å². The van der Waals surface area contributed by atoms with Crippen LogP contribution in [0.5, 0.6) is 11.5 Å². The second kappa shape index (κ2) is 7.09. The number of hydrogen-bond donors (Lipinski definition) is 1. The quantitative estimate of drug-likeness (QED) is 0.742. The molecule has 1 N–H and O–H groups in total. The average molecular weight is 389 g/mol. The van der Waals surface area contributed by atoms with Gasteiger partial charge in [0, 0.05) is 31.1 Å². The predicted molar refractivity (Wildman–Crippen MR) is 106 cm³/mol. The molecule has 1 saturated heterocycles. The number of nitrogens with zero attached hydrogens (tertiary/aromatic N) is 2. The number of carbonyl (C=O) groups excluding carboxylic acids is 2. The monoisotopic (exact) mass is 389 g/mol. The Morgan fingerprint density at radius 1 is 1.14 bits per heavy atom. The van der Waals surface area contributed by atoms with Crippen molar-refractivity contribution in [1.82, 2.24) is 9.88 Å². The maximum atomic E-state index is 12.8.